The van der Waals surface area contributed by atoms with Gasteiger partial charge in [-0.15, -0.1) is 0 Å². The summed E-state index contributed by atoms with van der Waals surface area (Å²) in [7, 11) is 0. The average molecular weight is 287 g/mol. The topological polar surface area (TPSA) is 21.3 Å². The van der Waals surface area contributed by atoms with Crippen molar-refractivity contribution < 1.29 is 9.13 Å². The molecule has 1 unspecified atom stereocenters. The highest BCUT2D eigenvalue weighted by molar-refractivity contribution is 5.27. The molecule has 0 aliphatic carbocycles. The third kappa shape index (κ3) is 4.87. The summed E-state index contributed by atoms with van der Waals surface area (Å²) in [6.07, 6.45) is 0.826. The molecule has 1 atom stereocenters. The third-order valence-corrected chi connectivity index (χ3v) is 3.46. The minimum Gasteiger partial charge on any atom is -0.492 e. The van der Waals surface area contributed by atoms with Crippen molar-refractivity contribution in [3.63, 3.8) is 0 Å². The normalized spacial score (nSPS) is 12.1. The highest BCUT2D eigenvalue weighted by Crippen LogP contribution is 2.14. The lowest BCUT2D eigenvalue weighted by Gasteiger charge is -2.19. The van der Waals surface area contributed by atoms with Gasteiger partial charge in [0.15, 0.2) is 0 Å². The Labute approximate surface area is 126 Å². The predicted molar refractivity (Wildman–Crippen MR) is 84.2 cm³/mol. The maximum absolute atomic E-state index is 13.2. The number of hydrogen-bond acceptors (Lipinski definition) is 2. The van der Waals surface area contributed by atoms with Gasteiger partial charge in [-0.2, -0.15) is 0 Å². The van der Waals surface area contributed by atoms with Crippen molar-refractivity contribution in [2.24, 2.45) is 0 Å². The SMILES string of the molecule is CCNC(COc1ccccc1)Cc1ccc(F)cc1C. The van der Waals surface area contributed by atoms with E-state index < -0.39 is 0 Å². The van der Waals surface area contributed by atoms with Crippen molar-refractivity contribution in [2.45, 2.75) is 26.3 Å². The zero-order valence-corrected chi connectivity index (χ0v) is 12.6. The maximum atomic E-state index is 13.2. The van der Waals surface area contributed by atoms with E-state index in [0.29, 0.717) is 6.61 Å². The number of ether oxygens (including phenoxy) is 1. The molecule has 2 aromatic rings. The molecular formula is C18H22FNO. The molecule has 2 rings (SSSR count). The molecule has 2 nitrogen and oxygen atoms in total. The van der Waals surface area contributed by atoms with Crippen molar-refractivity contribution in [2.75, 3.05) is 13.2 Å². The number of rotatable bonds is 7. The van der Waals surface area contributed by atoms with E-state index in [1.807, 2.05) is 43.3 Å². The summed E-state index contributed by atoms with van der Waals surface area (Å²) in [6.45, 7) is 5.49. The Morgan fingerprint density at radius 1 is 1.14 bits per heavy atom. The van der Waals surface area contributed by atoms with Crippen molar-refractivity contribution in [3.05, 3.63) is 65.5 Å². The Morgan fingerprint density at radius 3 is 2.57 bits per heavy atom. The summed E-state index contributed by atoms with van der Waals surface area (Å²) in [6, 6.07) is 15.0. The summed E-state index contributed by atoms with van der Waals surface area (Å²) in [5, 5.41) is 3.42. The summed E-state index contributed by atoms with van der Waals surface area (Å²) in [5.74, 6) is 0.688. The fourth-order valence-corrected chi connectivity index (χ4v) is 2.35. The van der Waals surface area contributed by atoms with Gasteiger partial charge >= 0.3 is 0 Å². The van der Waals surface area contributed by atoms with Crippen LogP contribution in [0, 0.1) is 12.7 Å². The molecule has 0 heterocycles. The van der Waals surface area contributed by atoms with Crippen LogP contribution in [-0.4, -0.2) is 19.2 Å². The van der Waals surface area contributed by atoms with Gasteiger partial charge in [0.2, 0.25) is 0 Å². The molecule has 0 saturated heterocycles. The highest BCUT2D eigenvalue weighted by atomic mass is 19.1. The Balaban J connectivity index is 1.98. The second-order valence-corrected chi connectivity index (χ2v) is 5.15. The fraction of sp³-hybridized carbons (Fsp3) is 0.333. The van der Waals surface area contributed by atoms with Crippen LogP contribution in [0.3, 0.4) is 0 Å². The van der Waals surface area contributed by atoms with Gasteiger partial charge in [-0.05, 0) is 55.3 Å². The Kier molecular flexibility index (Phi) is 5.76. The van der Waals surface area contributed by atoms with Crippen molar-refractivity contribution in [1.29, 1.82) is 0 Å². The molecule has 0 aromatic heterocycles. The van der Waals surface area contributed by atoms with E-state index in [0.717, 1.165) is 29.8 Å². The van der Waals surface area contributed by atoms with Crippen LogP contribution in [0.15, 0.2) is 48.5 Å². The molecule has 0 aliphatic heterocycles. The first kappa shape index (κ1) is 15.5. The Bertz CT molecular complexity index is 556. The molecule has 3 heteroatoms. The largest absolute Gasteiger partial charge is 0.492 e. The van der Waals surface area contributed by atoms with E-state index >= 15 is 0 Å². The van der Waals surface area contributed by atoms with Gasteiger partial charge in [0.1, 0.15) is 18.2 Å². The second kappa shape index (κ2) is 7.79. The predicted octanol–water partition coefficient (Wildman–Crippen LogP) is 3.73. The molecule has 0 spiro atoms. The van der Waals surface area contributed by atoms with E-state index in [9.17, 15) is 4.39 Å². The molecule has 0 fully saturated rings. The number of hydrogen-bond donors (Lipinski definition) is 1. The molecule has 0 saturated carbocycles. The standard InChI is InChI=1S/C18H22FNO/c1-3-20-17(13-21-18-7-5-4-6-8-18)12-15-9-10-16(19)11-14(15)2/h4-11,17,20H,3,12-13H2,1-2H3. The molecular weight excluding hydrogens is 265 g/mol. The molecule has 21 heavy (non-hydrogen) atoms. The first-order chi connectivity index (χ1) is 10.2. The quantitative estimate of drug-likeness (QED) is 0.837. The van der Waals surface area contributed by atoms with Gasteiger partial charge in [-0.3, -0.25) is 0 Å². The zero-order chi connectivity index (χ0) is 15.1. The molecule has 112 valence electrons. The van der Waals surface area contributed by atoms with E-state index in [-0.39, 0.29) is 11.9 Å². The van der Waals surface area contributed by atoms with Crippen LogP contribution >= 0.6 is 0 Å². The summed E-state index contributed by atoms with van der Waals surface area (Å²) in [4.78, 5) is 0. The van der Waals surface area contributed by atoms with Crippen molar-refractivity contribution in [1.82, 2.24) is 5.32 Å². The number of likely N-dealkylation sites (N-methyl/N-ethyl adjacent to an activating group) is 1. The summed E-state index contributed by atoms with van der Waals surface area (Å²) < 4.78 is 19.0. The van der Waals surface area contributed by atoms with E-state index in [1.54, 1.807) is 6.07 Å². The van der Waals surface area contributed by atoms with Gasteiger partial charge in [0.25, 0.3) is 0 Å². The average Bonchev–Trinajstić information content (AvgIpc) is 2.49. The van der Waals surface area contributed by atoms with E-state index in [1.165, 1.54) is 6.07 Å². The second-order valence-electron chi connectivity index (χ2n) is 5.15. The van der Waals surface area contributed by atoms with Crippen LogP contribution in [0.25, 0.3) is 0 Å². The van der Waals surface area contributed by atoms with Gasteiger partial charge in [-0.25, -0.2) is 4.39 Å². The van der Waals surface area contributed by atoms with Crippen LogP contribution in [0.1, 0.15) is 18.1 Å². The molecule has 0 bridgehead atoms. The van der Waals surface area contributed by atoms with Crippen LogP contribution in [-0.2, 0) is 6.42 Å². The minimum absolute atomic E-state index is 0.184. The Hall–Kier alpha value is -1.87. The zero-order valence-electron chi connectivity index (χ0n) is 12.6. The summed E-state index contributed by atoms with van der Waals surface area (Å²) in [5.41, 5.74) is 2.14. The first-order valence-corrected chi connectivity index (χ1v) is 7.35. The van der Waals surface area contributed by atoms with E-state index in [2.05, 4.69) is 12.2 Å². The number of benzene rings is 2. The monoisotopic (exact) mass is 287 g/mol. The smallest absolute Gasteiger partial charge is 0.123 e. The van der Waals surface area contributed by atoms with Gasteiger partial charge in [0.05, 0.1) is 0 Å². The molecule has 0 aliphatic rings. The van der Waals surface area contributed by atoms with E-state index in [4.69, 9.17) is 4.74 Å². The molecule has 1 N–H and O–H groups in total. The number of halogens is 1. The van der Waals surface area contributed by atoms with Crippen LogP contribution in [0.2, 0.25) is 0 Å². The van der Waals surface area contributed by atoms with Gasteiger partial charge in [-0.1, -0.05) is 31.2 Å². The van der Waals surface area contributed by atoms with Crippen molar-refractivity contribution in [3.8, 4) is 5.75 Å². The van der Waals surface area contributed by atoms with Crippen LogP contribution < -0.4 is 10.1 Å². The van der Waals surface area contributed by atoms with Crippen molar-refractivity contribution >= 4 is 0 Å². The number of aryl methyl sites for hydroxylation is 1. The lowest BCUT2D eigenvalue weighted by molar-refractivity contribution is 0.264. The molecule has 0 radical (unpaired) electrons. The number of para-hydroxylation sites is 1. The third-order valence-electron chi connectivity index (χ3n) is 3.46. The maximum Gasteiger partial charge on any atom is 0.123 e. The van der Waals surface area contributed by atoms with Gasteiger partial charge in [0, 0.05) is 6.04 Å². The highest BCUT2D eigenvalue weighted by Gasteiger charge is 2.11. The van der Waals surface area contributed by atoms with Crippen LogP contribution in [0.5, 0.6) is 5.75 Å². The summed E-state index contributed by atoms with van der Waals surface area (Å²) >= 11 is 0. The first-order valence-electron chi connectivity index (χ1n) is 7.35. The molecule has 0 amide bonds. The fourth-order valence-electron chi connectivity index (χ4n) is 2.35. The number of nitrogens with one attached hydrogen (secondary N) is 1. The Morgan fingerprint density at radius 2 is 1.90 bits per heavy atom. The van der Waals surface area contributed by atoms with Gasteiger partial charge < -0.3 is 10.1 Å². The molecule has 2 aromatic carbocycles. The lowest BCUT2D eigenvalue weighted by atomic mass is 10.0. The lowest BCUT2D eigenvalue weighted by Crippen LogP contribution is -2.36. The minimum atomic E-state index is -0.184. The van der Waals surface area contributed by atoms with Crippen LogP contribution in [0.4, 0.5) is 4.39 Å².